The van der Waals surface area contributed by atoms with E-state index in [0.29, 0.717) is 18.1 Å². The van der Waals surface area contributed by atoms with Crippen molar-refractivity contribution in [3.63, 3.8) is 0 Å². The van der Waals surface area contributed by atoms with Crippen molar-refractivity contribution >= 4 is 17.5 Å². The third-order valence-electron chi connectivity index (χ3n) is 3.97. The molecule has 5 N–H and O–H groups in total. The molecule has 6 nitrogen and oxygen atoms in total. The summed E-state index contributed by atoms with van der Waals surface area (Å²) < 4.78 is 5.84. The number of hydrogen-bond donors (Lipinski definition) is 4. The molecule has 0 bridgehead atoms. The molecule has 0 spiro atoms. The zero-order valence-corrected chi connectivity index (χ0v) is 13.7. The Labute approximate surface area is 145 Å². The molecule has 1 amide bonds. The highest BCUT2D eigenvalue weighted by Gasteiger charge is 2.29. The maximum absolute atomic E-state index is 11.6. The molecule has 2 atom stereocenters. The molecular weight excluding hydrogens is 328 g/mol. The lowest BCUT2D eigenvalue weighted by molar-refractivity contribution is -0.122. The second kappa shape index (κ2) is 7.63. The Morgan fingerprint density at radius 3 is 2.88 bits per heavy atom. The number of carbonyl (C=O) groups excluding carboxylic acids is 1. The number of carbonyl (C=O) groups is 1. The zero-order chi connectivity index (χ0) is 16.9. The van der Waals surface area contributed by atoms with Crippen LogP contribution in [-0.2, 0) is 11.4 Å². The Morgan fingerprint density at radius 2 is 2.08 bits per heavy atom. The van der Waals surface area contributed by atoms with Gasteiger partial charge in [-0.25, -0.2) is 16.7 Å². The summed E-state index contributed by atoms with van der Waals surface area (Å²) in [4.78, 5) is 11.6. The van der Waals surface area contributed by atoms with Crippen molar-refractivity contribution in [3.05, 3.63) is 64.7 Å². The number of hydrogen-bond acceptors (Lipinski definition) is 5. The Morgan fingerprint density at radius 1 is 1.25 bits per heavy atom. The lowest BCUT2D eigenvalue weighted by Crippen LogP contribution is -2.45. The van der Waals surface area contributed by atoms with Crippen LogP contribution in [0.3, 0.4) is 0 Å². The molecule has 1 aliphatic heterocycles. The van der Waals surface area contributed by atoms with Crippen LogP contribution >= 0.6 is 11.6 Å². The summed E-state index contributed by atoms with van der Waals surface area (Å²) in [6, 6.07) is 15.0. The Kier molecular flexibility index (Phi) is 5.32. The molecule has 0 aromatic heterocycles. The monoisotopic (exact) mass is 346 g/mol. The molecule has 0 aliphatic carbocycles. The number of benzene rings is 2. The van der Waals surface area contributed by atoms with Crippen LogP contribution in [0.2, 0.25) is 5.02 Å². The molecule has 1 saturated heterocycles. The van der Waals surface area contributed by atoms with E-state index in [1.807, 2.05) is 48.5 Å². The number of nitrogens with two attached hydrogens (primary N) is 1. The third kappa shape index (κ3) is 3.85. The second-order valence-corrected chi connectivity index (χ2v) is 6.00. The highest BCUT2D eigenvalue weighted by Crippen LogP contribution is 2.26. The van der Waals surface area contributed by atoms with E-state index >= 15 is 0 Å². The molecule has 2 aromatic rings. The van der Waals surface area contributed by atoms with Gasteiger partial charge in [0.25, 0.3) is 5.91 Å². The van der Waals surface area contributed by atoms with Crippen molar-refractivity contribution in [2.24, 2.45) is 5.84 Å². The number of amides is 1. The van der Waals surface area contributed by atoms with E-state index in [1.54, 1.807) is 0 Å². The first-order valence-corrected chi connectivity index (χ1v) is 8.03. The first-order chi connectivity index (χ1) is 11.7. The normalized spacial score (nSPS) is 19.9. The van der Waals surface area contributed by atoms with Crippen LogP contribution in [-0.4, -0.2) is 11.9 Å². The summed E-state index contributed by atoms with van der Waals surface area (Å²) in [7, 11) is 0. The molecular formula is C17H19ClN4O2. The van der Waals surface area contributed by atoms with Crippen molar-refractivity contribution in [1.29, 1.82) is 0 Å². The highest BCUT2D eigenvalue weighted by atomic mass is 35.5. The molecule has 2 aromatic carbocycles. The molecule has 1 heterocycles. The molecule has 3 rings (SSSR count). The van der Waals surface area contributed by atoms with Crippen LogP contribution in [0.1, 0.15) is 23.6 Å². The number of rotatable bonds is 5. The standard InChI is InChI=1S/C17H19ClN4O2/c18-14-7-2-1-4-12(14)10-24-13-6-3-5-11(8-13)15-9-16(22-21-15)17(23)20-19/h1-8,15-16,21-22H,9-10,19H2,(H,20,23). The van der Waals surface area contributed by atoms with E-state index in [-0.39, 0.29) is 18.0 Å². The minimum atomic E-state index is -0.354. The fraction of sp³-hybridized carbons (Fsp3) is 0.235. The van der Waals surface area contributed by atoms with Gasteiger partial charge in [-0.2, -0.15) is 0 Å². The largest absolute Gasteiger partial charge is 0.489 e. The van der Waals surface area contributed by atoms with Crippen LogP contribution in [0.5, 0.6) is 5.75 Å². The summed E-state index contributed by atoms with van der Waals surface area (Å²) in [6.45, 7) is 0.400. The number of nitrogens with one attached hydrogen (secondary N) is 3. The van der Waals surface area contributed by atoms with Crippen molar-refractivity contribution in [2.75, 3.05) is 0 Å². The minimum Gasteiger partial charge on any atom is -0.489 e. The summed E-state index contributed by atoms with van der Waals surface area (Å²) in [5.74, 6) is 5.68. The van der Waals surface area contributed by atoms with E-state index in [1.165, 1.54) is 0 Å². The average molecular weight is 347 g/mol. The zero-order valence-electron chi connectivity index (χ0n) is 13.0. The molecule has 0 saturated carbocycles. The fourth-order valence-electron chi connectivity index (χ4n) is 2.64. The minimum absolute atomic E-state index is 0.0103. The molecule has 0 radical (unpaired) electrons. The summed E-state index contributed by atoms with van der Waals surface area (Å²) in [5, 5.41) is 0.686. The van der Waals surface area contributed by atoms with E-state index in [9.17, 15) is 4.79 Å². The molecule has 1 fully saturated rings. The van der Waals surface area contributed by atoms with E-state index in [2.05, 4.69) is 16.3 Å². The second-order valence-electron chi connectivity index (χ2n) is 5.59. The first kappa shape index (κ1) is 16.7. The average Bonchev–Trinajstić information content (AvgIpc) is 3.11. The summed E-state index contributed by atoms with van der Waals surface area (Å²) in [5.41, 5.74) is 10.2. The van der Waals surface area contributed by atoms with Gasteiger partial charge in [-0.3, -0.25) is 10.2 Å². The molecule has 24 heavy (non-hydrogen) atoms. The highest BCUT2D eigenvalue weighted by molar-refractivity contribution is 6.31. The van der Waals surface area contributed by atoms with Gasteiger partial charge >= 0.3 is 0 Å². The molecule has 1 aliphatic rings. The van der Waals surface area contributed by atoms with Crippen LogP contribution in [0, 0.1) is 0 Å². The Bertz CT molecular complexity index is 725. The predicted octanol–water partition coefficient (Wildman–Crippen LogP) is 1.82. The van der Waals surface area contributed by atoms with Crippen LogP contribution in [0.25, 0.3) is 0 Å². The van der Waals surface area contributed by atoms with Gasteiger partial charge in [0.15, 0.2) is 0 Å². The van der Waals surface area contributed by atoms with E-state index in [4.69, 9.17) is 22.2 Å². The van der Waals surface area contributed by atoms with Gasteiger partial charge in [-0.05, 0) is 30.2 Å². The lowest BCUT2D eigenvalue weighted by Gasteiger charge is -2.13. The van der Waals surface area contributed by atoms with Crippen LogP contribution in [0.15, 0.2) is 48.5 Å². The predicted molar refractivity (Wildman–Crippen MR) is 92.0 cm³/mol. The smallest absolute Gasteiger partial charge is 0.252 e. The third-order valence-corrected chi connectivity index (χ3v) is 4.34. The van der Waals surface area contributed by atoms with Gasteiger partial charge < -0.3 is 4.74 Å². The number of halogens is 1. The number of ether oxygens (including phenoxy) is 1. The SMILES string of the molecule is NNC(=O)C1CC(c2cccc(OCc3ccccc3Cl)c2)NN1. The lowest BCUT2D eigenvalue weighted by atomic mass is 10.0. The topological polar surface area (TPSA) is 88.4 Å². The van der Waals surface area contributed by atoms with Gasteiger partial charge in [-0.1, -0.05) is 41.9 Å². The maximum Gasteiger partial charge on any atom is 0.252 e. The van der Waals surface area contributed by atoms with Crippen LogP contribution < -0.4 is 26.9 Å². The van der Waals surface area contributed by atoms with Crippen molar-refractivity contribution < 1.29 is 9.53 Å². The molecule has 126 valence electrons. The summed E-state index contributed by atoms with van der Waals surface area (Å²) >= 11 is 6.14. The quantitative estimate of drug-likeness (QED) is 0.377. The van der Waals surface area contributed by atoms with Crippen molar-refractivity contribution in [2.45, 2.75) is 25.1 Å². The van der Waals surface area contributed by atoms with Gasteiger partial charge in [0.05, 0.1) is 0 Å². The fourth-order valence-corrected chi connectivity index (χ4v) is 2.84. The Balaban J connectivity index is 1.64. The Hall–Kier alpha value is -2.12. The number of hydrazine groups is 2. The first-order valence-electron chi connectivity index (χ1n) is 7.65. The van der Waals surface area contributed by atoms with Gasteiger partial charge in [0, 0.05) is 16.6 Å². The van der Waals surface area contributed by atoms with Crippen molar-refractivity contribution in [1.82, 2.24) is 16.3 Å². The van der Waals surface area contributed by atoms with Crippen LogP contribution in [0.4, 0.5) is 0 Å². The van der Waals surface area contributed by atoms with Gasteiger partial charge in [0.2, 0.25) is 0 Å². The molecule has 2 unspecified atom stereocenters. The molecule has 7 heteroatoms. The summed E-state index contributed by atoms with van der Waals surface area (Å²) in [6.07, 6.45) is 0.608. The van der Waals surface area contributed by atoms with Crippen molar-refractivity contribution in [3.8, 4) is 5.75 Å². The van der Waals surface area contributed by atoms with E-state index in [0.717, 1.165) is 16.9 Å². The maximum atomic E-state index is 11.6. The van der Waals surface area contributed by atoms with Gasteiger partial charge in [-0.15, -0.1) is 0 Å². The van der Waals surface area contributed by atoms with E-state index < -0.39 is 0 Å². The van der Waals surface area contributed by atoms with Gasteiger partial charge in [0.1, 0.15) is 18.4 Å².